The van der Waals surface area contributed by atoms with Crippen molar-refractivity contribution >= 4 is 35.1 Å². The number of carbonyl (C=O) groups excluding carboxylic acids is 2. The Balaban J connectivity index is 1.63. The predicted octanol–water partition coefficient (Wildman–Crippen LogP) is 5.28. The molecule has 0 bridgehead atoms. The van der Waals surface area contributed by atoms with Crippen LogP contribution >= 0.6 is 11.6 Å². The molecule has 9 heteroatoms. The molecule has 1 atom stereocenters. The molecular formula is C25H31ClN4O4. The molecule has 1 fully saturated rings. The van der Waals surface area contributed by atoms with E-state index in [0.717, 1.165) is 35.6 Å². The molecule has 8 nitrogen and oxygen atoms in total. The first kappa shape index (κ1) is 24.4. The molecule has 2 aromatic rings. The minimum absolute atomic E-state index is 0.0558. The highest BCUT2D eigenvalue weighted by atomic mass is 35.5. The standard InChI is InChI=1S/C25H31ClN4O4/c1-25(2,3)34-24(32)30-13-16-17(26)9-10-18(22(16)23(30)31)27-21-11-8-15(20-7-6-12-33-20)19(28-21)14-29(4)5/h8-11,20H,6-7,12-14H2,1-5H3,(H,27,28). The number of imide groups is 1. The van der Waals surface area contributed by atoms with Gasteiger partial charge in [0.05, 0.1) is 29.6 Å². The van der Waals surface area contributed by atoms with Crippen molar-refractivity contribution in [3.05, 3.63) is 51.7 Å². The van der Waals surface area contributed by atoms with Crippen LogP contribution in [0.5, 0.6) is 0 Å². The lowest BCUT2D eigenvalue weighted by Crippen LogP contribution is -2.37. The van der Waals surface area contributed by atoms with E-state index in [1.165, 1.54) is 0 Å². The summed E-state index contributed by atoms with van der Waals surface area (Å²) in [6.07, 6.45) is 1.39. The second-order valence-corrected chi connectivity index (χ2v) is 10.3. The van der Waals surface area contributed by atoms with E-state index >= 15 is 0 Å². The van der Waals surface area contributed by atoms with E-state index in [0.29, 0.717) is 34.2 Å². The molecule has 0 aliphatic carbocycles. The maximum Gasteiger partial charge on any atom is 0.417 e. The monoisotopic (exact) mass is 486 g/mol. The third-order valence-electron chi connectivity index (χ3n) is 5.66. The van der Waals surface area contributed by atoms with E-state index in [1.54, 1.807) is 32.9 Å². The van der Waals surface area contributed by atoms with E-state index in [4.69, 9.17) is 26.1 Å². The minimum Gasteiger partial charge on any atom is -0.443 e. The topological polar surface area (TPSA) is 84.0 Å². The van der Waals surface area contributed by atoms with Gasteiger partial charge in [0.25, 0.3) is 5.91 Å². The number of ether oxygens (including phenoxy) is 2. The van der Waals surface area contributed by atoms with Gasteiger partial charge in [0, 0.05) is 29.3 Å². The van der Waals surface area contributed by atoms with Gasteiger partial charge in [-0.05, 0) is 65.9 Å². The molecule has 4 rings (SSSR count). The van der Waals surface area contributed by atoms with Crippen LogP contribution in [0.3, 0.4) is 0 Å². The van der Waals surface area contributed by atoms with E-state index in [-0.39, 0.29) is 12.6 Å². The number of halogens is 1. The van der Waals surface area contributed by atoms with Crippen LogP contribution in [0, 0.1) is 0 Å². The van der Waals surface area contributed by atoms with Gasteiger partial charge in [-0.2, -0.15) is 0 Å². The summed E-state index contributed by atoms with van der Waals surface area (Å²) in [5, 5.41) is 3.70. The molecule has 182 valence electrons. The highest BCUT2D eigenvalue weighted by Gasteiger charge is 2.38. The van der Waals surface area contributed by atoms with E-state index in [9.17, 15) is 9.59 Å². The van der Waals surface area contributed by atoms with Crippen molar-refractivity contribution in [1.29, 1.82) is 0 Å². The van der Waals surface area contributed by atoms with Crippen molar-refractivity contribution in [2.45, 2.75) is 58.4 Å². The highest BCUT2D eigenvalue weighted by Crippen LogP contribution is 2.37. The van der Waals surface area contributed by atoms with Crippen LogP contribution in [-0.2, 0) is 22.6 Å². The van der Waals surface area contributed by atoms with Crippen molar-refractivity contribution in [3.8, 4) is 0 Å². The third kappa shape index (κ3) is 5.19. The summed E-state index contributed by atoms with van der Waals surface area (Å²) in [5.41, 5.74) is 2.79. The number of fused-ring (bicyclic) bond motifs is 1. The summed E-state index contributed by atoms with van der Waals surface area (Å²) in [6, 6.07) is 7.38. The molecule has 1 aromatic heterocycles. The maximum absolute atomic E-state index is 13.2. The smallest absolute Gasteiger partial charge is 0.417 e. The number of nitrogens with one attached hydrogen (secondary N) is 1. The summed E-state index contributed by atoms with van der Waals surface area (Å²) < 4.78 is 11.3. The zero-order chi connectivity index (χ0) is 24.6. The molecule has 34 heavy (non-hydrogen) atoms. The summed E-state index contributed by atoms with van der Waals surface area (Å²) in [6.45, 7) is 6.77. The Labute approximate surface area is 205 Å². The lowest BCUT2D eigenvalue weighted by molar-refractivity contribution is 0.0248. The molecule has 1 N–H and O–H groups in total. The lowest BCUT2D eigenvalue weighted by Gasteiger charge is -2.23. The highest BCUT2D eigenvalue weighted by molar-refractivity contribution is 6.32. The Morgan fingerprint density at radius 3 is 2.71 bits per heavy atom. The molecule has 0 spiro atoms. The van der Waals surface area contributed by atoms with Gasteiger partial charge in [0.1, 0.15) is 11.4 Å². The second-order valence-electron chi connectivity index (χ2n) is 9.92. The van der Waals surface area contributed by atoms with Gasteiger partial charge >= 0.3 is 6.09 Å². The van der Waals surface area contributed by atoms with Gasteiger partial charge in [0.2, 0.25) is 0 Å². The Kier molecular flexibility index (Phi) is 6.85. The summed E-state index contributed by atoms with van der Waals surface area (Å²) in [5.74, 6) is 0.158. The summed E-state index contributed by atoms with van der Waals surface area (Å²) in [4.78, 5) is 33.8. The molecule has 3 heterocycles. The van der Waals surface area contributed by atoms with Crippen molar-refractivity contribution < 1.29 is 19.1 Å². The van der Waals surface area contributed by atoms with Gasteiger partial charge in [-0.15, -0.1) is 0 Å². The number of amides is 2. The first-order chi connectivity index (χ1) is 16.0. The van der Waals surface area contributed by atoms with E-state index in [1.807, 2.05) is 26.2 Å². The Bertz CT molecular complexity index is 1110. The number of aromatic nitrogens is 1. The normalized spacial score (nSPS) is 17.9. The van der Waals surface area contributed by atoms with Crippen LogP contribution < -0.4 is 5.32 Å². The van der Waals surface area contributed by atoms with Crippen molar-refractivity contribution in [3.63, 3.8) is 0 Å². The number of benzene rings is 1. The van der Waals surface area contributed by atoms with Crippen LogP contribution in [0.4, 0.5) is 16.3 Å². The molecule has 2 aliphatic rings. The summed E-state index contributed by atoms with van der Waals surface area (Å²) in [7, 11) is 3.99. The van der Waals surface area contributed by atoms with E-state index in [2.05, 4.69) is 10.2 Å². The van der Waals surface area contributed by atoms with Gasteiger partial charge in [-0.25, -0.2) is 14.7 Å². The van der Waals surface area contributed by atoms with Gasteiger partial charge in [0.15, 0.2) is 0 Å². The van der Waals surface area contributed by atoms with Gasteiger partial charge < -0.3 is 19.7 Å². The SMILES string of the molecule is CN(C)Cc1nc(Nc2ccc(Cl)c3c2C(=O)N(C(=O)OC(C)(C)C)C3)ccc1C1CCCO1. The zero-order valence-electron chi connectivity index (χ0n) is 20.3. The molecule has 1 saturated heterocycles. The fourth-order valence-electron chi connectivity index (χ4n) is 4.22. The largest absolute Gasteiger partial charge is 0.443 e. The molecule has 0 saturated carbocycles. The van der Waals surface area contributed by atoms with Crippen molar-refractivity contribution in [1.82, 2.24) is 14.8 Å². The molecule has 1 aromatic carbocycles. The number of anilines is 2. The molecule has 0 radical (unpaired) electrons. The number of pyridine rings is 1. The maximum atomic E-state index is 13.2. The number of nitrogens with zero attached hydrogens (tertiary/aromatic N) is 3. The Morgan fingerprint density at radius 2 is 2.06 bits per heavy atom. The number of carbonyl (C=O) groups is 2. The first-order valence-electron chi connectivity index (χ1n) is 11.4. The quantitative estimate of drug-likeness (QED) is 0.615. The predicted molar refractivity (Wildman–Crippen MR) is 130 cm³/mol. The van der Waals surface area contributed by atoms with Crippen molar-refractivity contribution in [2.24, 2.45) is 0 Å². The number of hydrogen-bond acceptors (Lipinski definition) is 7. The average Bonchev–Trinajstić information content (AvgIpc) is 3.38. The van der Waals surface area contributed by atoms with Gasteiger partial charge in [-0.1, -0.05) is 17.7 Å². The Morgan fingerprint density at radius 1 is 1.29 bits per heavy atom. The van der Waals surface area contributed by atoms with Crippen LogP contribution in [0.2, 0.25) is 5.02 Å². The average molecular weight is 487 g/mol. The Hall–Kier alpha value is -2.68. The molecule has 2 aliphatic heterocycles. The summed E-state index contributed by atoms with van der Waals surface area (Å²) >= 11 is 6.40. The minimum atomic E-state index is -0.714. The zero-order valence-corrected chi connectivity index (χ0v) is 21.0. The fourth-order valence-corrected chi connectivity index (χ4v) is 4.43. The van der Waals surface area contributed by atoms with Crippen LogP contribution in [0.1, 0.15) is 66.9 Å². The number of hydrogen-bond donors (Lipinski definition) is 1. The fraction of sp³-hybridized carbons (Fsp3) is 0.480. The van der Waals surface area contributed by atoms with Crippen LogP contribution in [0.15, 0.2) is 24.3 Å². The molecule has 2 amide bonds. The molecular weight excluding hydrogens is 456 g/mol. The van der Waals surface area contributed by atoms with Crippen molar-refractivity contribution in [2.75, 3.05) is 26.0 Å². The van der Waals surface area contributed by atoms with E-state index < -0.39 is 17.6 Å². The van der Waals surface area contributed by atoms with Crippen LogP contribution in [0.25, 0.3) is 0 Å². The van der Waals surface area contributed by atoms with Crippen LogP contribution in [-0.4, -0.2) is 53.1 Å². The van der Waals surface area contributed by atoms with Gasteiger partial charge in [-0.3, -0.25) is 4.79 Å². The molecule has 1 unspecified atom stereocenters. The third-order valence-corrected chi connectivity index (χ3v) is 6.01. The second kappa shape index (κ2) is 9.52. The first-order valence-corrected chi connectivity index (χ1v) is 11.8. The lowest BCUT2D eigenvalue weighted by atomic mass is 10.0. The number of rotatable bonds is 5.